The first-order chi connectivity index (χ1) is 12.8. The Bertz CT molecular complexity index is 854. The lowest BCUT2D eigenvalue weighted by Gasteiger charge is -2.14. The molecule has 2 aromatic rings. The summed E-state index contributed by atoms with van der Waals surface area (Å²) in [6.45, 7) is 5.64. The van der Waals surface area contributed by atoms with Gasteiger partial charge in [-0.1, -0.05) is 48.3 Å². The van der Waals surface area contributed by atoms with Crippen LogP contribution in [0.3, 0.4) is 0 Å². The number of hydrogen-bond acceptors (Lipinski definition) is 3. The highest BCUT2D eigenvalue weighted by molar-refractivity contribution is 6.42. The minimum Gasteiger partial charge on any atom is -0.326 e. The number of halogens is 3. The second kappa shape index (κ2) is 9.74. The van der Waals surface area contributed by atoms with E-state index in [4.69, 9.17) is 34.8 Å². The molecule has 2 rings (SSSR count). The normalized spacial score (nSPS) is 11.6. The van der Waals surface area contributed by atoms with Crippen molar-refractivity contribution in [2.24, 2.45) is 5.92 Å². The van der Waals surface area contributed by atoms with E-state index < -0.39 is 0 Å². The molecule has 1 atom stereocenters. The standard InChI is InChI=1S/C19H18Cl3N3O2/c1-11(18(26)25-14-6-8-17(22)23-10-14)3-4-12(2)24-19(27)13-5-7-15(20)16(21)9-13/h5-11H,2-4H2,1H3,(H,24,27)(H,25,26). The zero-order chi connectivity index (χ0) is 20.0. The smallest absolute Gasteiger partial charge is 0.255 e. The third-order valence-corrected chi connectivity index (χ3v) is 4.76. The molecule has 0 aliphatic heterocycles. The predicted octanol–water partition coefficient (Wildman–Crippen LogP) is 5.34. The van der Waals surface area contributed by atoms with Gasteiger partial charge in [-0.3, -0.25) is 9.59 Å². The van der Waals surface area contributed by atoms with Gasteiger partial charge in [0.05, 0.1) is 21.9 Å². The van der Waals surface area contributed by atoms with E-state index in [9.17, 15) is 9.59 Å². The minimum atomic E-state index is -0.331. The van der Waals surface area contributed by atoms with Gasteiger partial charge in [-0.2, -0.15) is 0 Å². The van der Waals surface area contributed by atoms with Gasteiger partial charge in [0.25, 0.3) is 5.91 Å². The van der Waals surface area contributed by atoms with Gasteiger partial charge in [-0.25, -0.2) is 4.98 Å². The maximum Gasteiger partial charge on any atom is 0.255 e. The van der Waals surface area contributed by atoms with Crippen LogP contribution in [0, 0.1) is 5.92 Å². The number of pyridine rings is 1. The zero-order valence-electron chi connectivity index (χ0n) is 14.6. The Balaban J connectivity index is 1.81. The average molecular weight is 427 g/mol. The van der Waals surface area contributed by atoms with Crippen LogP contribution in [0.5, 0.6) is 0 Å². The molecule has 0 saturated carbocycles. The molecular weight excluding hydrogens is 409 g/mol. The second-order valence-corrected chi connectivity index (χ2v) is 7.19. The molecule has 0 spiro atoms. The minimum absolute atomic E-state index is 0.150. The summed E-state index contributed by atoms with van der Waals surface area (Å²) in [5.41, 5.74) is 1.47. The van der Waals surface area contributed by atoms with Crippen molar-refractivity contribution >= 4 is 52.3 Å². The van der Waals surface area contributed by atoms with E-state index in [1.807, 2.05) is 0 Å². The fraction of sp³-hybridized carbons (Fsp3) is 0.211. The SMILES string of the molecule is C=C(CCC(C)C(=O)Nc1ccc(Cl)nc1)NC(=O)c1ccc(Cl)c(Cl)c1. The molecule has 1 aromatic carbocycles. The fourth-order valence-electron chi connectivity index (χ4n) is 2.17. The molecular formula is C19H18Cl3N3O2. The molecule has 27 heavy (non-hydrogen) atoms. The maximum atomic E-state index is 12.2. The van der Waals surface area contributed by atoms with Crippen LogP contribution in [0.25, 0.3) is 0 Å². The van der Waals surface area contributed by atoms with Crippen LogP contribution >= 0.6 is 34.8 Å². The Morgan fingerprint density at radius 2 is 1.89 bits per heavy atom. The largest absolute Gasteiger partial charge is 0.326 e. The van der Waals surface area contributed by atoms with Gasteiger partial charge in [0.15, 0.2) is 0 Å². The third-order valence-electron chi connectivity index (χ3n) is 3.79. The summed E-state index contributed by atoms with van der Waals surface area (Å²) >= 11 is 17.5. The van der Waals surface area contributed by atoms with Crippen LogP contribution in [-0.2, 0) is 4.79 Å². The summed E-state index contributed by atoms with van der Waals surface area (Å²) in [5, 5.41) is 6.50. The number of amides is 2. The van der Waals surface area contributed by atoms with E-state index in [0.717, 1.165) is 0 Å². The van der Waals surface area contributed by atoms with Crippen molar-refractivity contribution in [2.45, 2.75) is 19.8 Å². The molecule has 2 amide bonds. The van der Waals surface area contributed by atoms with Crippen LogP contribution in [0.1, 0.15) is 30.1 Å². The number of allylic oxidation sites excluding steroid dienone is 1. The summed E-state index contributed by atoms with van der Waals surface area (Å²) < 4.78 is 0. The molecule has 1 heterocycles. The molecule has 2 N–H and O–H groups in total. The monoisotopic (exact) mass is 425 g/mol. The van der Waals surface area contributed by atoms with Crippen LogP contribution in [0.4, 0.5) is 5.69 Å². The molecule has 0 saturated heterocycles. The zero-order valence-corrected chi connectivity index (χ0v) is 16.8. The number of aromatic nitrogens is 1. The molecule has 5 nitrogen and oxygen atoms in total. The van der Waals surface area contributed by atoms with E-state index >= 15 is 0 Å². The predicted molar refractivity (Wildman–Crippen MR) is 109 cm³/mol. The van der Waals surface area contributed by atoms with Crippen molar-refractivity contribution in [3.05, 3.63) is 69.6 Å². The van der Waals surface area contributed by atoms with Crippen LogP contribution in [-0.4, -0.2) is 16.8 Å². The van der Waals surface area contributed by atoms with Gasteiger partial charge in [-0.15, -0.1) is 0 Å². The molecule has 1 unspecified atom stereocenters. The number of nitrogens with zero attached hydrogens (tertiary/aromatic N) is 1. The first kappa shape index (κ1) is 21.2. The lowest BCUT2D eigenvalue weighted by molar-refractivity contribution is -0.119. The molecule has 8 heteroatoms. The first-order valence-corrected chi connectivity index (χ1v) is 9.26. The van der Waals surface area contributed by atoms with Gasteiger partial charge in [-0.05, 0) is 43.2 Å². The molecule has 0 aliphatic rings. The van der Waals surface area contributed by atoms with E-state index in [1.165, 1.54) is 12.3 Å². The lowest BCUT2D eigenvalue weighted by atomic mass is 10.0. The van der Waals surface area contributed by atoms with Crippen molar-refractivity contribution < 1.29 is 9.59 Å². The molecule has 142 valence electrons. The van der Waals surface area contributed by atoms with E-state index in [2.05, 4.69) is 22.2 Å². The van der Waals surface area contributed by atoms with E-state index in [0.29, 0.717) is 45.0 Å². The number of anilines is 1. The van der Waals surface area contributed by atoms with Crippen LogP contribution in [0.15, 0.2) is 48.8 Å². The van der Waals surface area contributed by atoms with Gasteiger partial charge >= 0.3 is 0 Å². The second-order valence-electron chi connectivity index (χ2n) is 5.99. The summed E-state index contributed by atoms with van der Waals surface area (Å²) in [7, 11) is 0. The van der Waals surface area contributed by atoms with Crippen molar-refractivity contribution in [1.82, 2.24) is 10.3 Å². The number of benzene rings is 1. The number of hydrogen-bond donors (Lipinski definition) is 2. The highest BCUT2D eigenvalue weighted by atomic mass is 35.5. The average Bonchev–Trinajstić information content (AvgIpc) is 2.63. The summed E-state index contributed by atoms with van der Waals surface area (Å²) in [6, 6.07) is 7.90. The molecule has 0 aliphatic carbocycles. The summed E-state index contributed by atoms with van der Waals surface area (Å²) in [5.74, 6) is -0.759. The lowest BCUT2D eigenvalue weighted by Crippen LogP contribution is -2.24. The Morgan fingerprint density at radius 1 is 1.15 bits per heavy atom. The highest BCUT2D eigenvalue weighted by Crippen LogP contribution is 2.23. The van der Waals surface area contributed by atoms with Gasteiger partial charge in [0, 0.05) is 17.2 Å². The van der Waals surface area contributed by atoms with Crippen LogP contribution < -0.4 is 10.6 Å². The Morgan fingerprint density at radius 3 is 2.52 bits per heavy atom. The Kier molecular flexibility index (Phi) is 7.66. The summed E-state index contributed by atoms with van der Waals surface area (Å²) in [4.78, 5) is 28.3. The molecule has 0 radical (unpaired) electrons. The Labute approximate surface area is 172 Å². The quantitative estimate of drug-likeness (QED) is 0.587. The van der Waals surface area contributed by atoms with Gasteiger partial charge in [0.1, 0.15) is 5.15 Å². The van der Waals surface area contributed by atoms with E-state index in [-0.39, 0.29) is 17.7 Å². The van der Waals surface area contributed by atoms with Crippen molar-refractivity contribution in [3.8, 4) is 0 Å². The molecule has 0 bridgehead atoms. The van der Waals surface area contributed by atoms with Crippen molar-refractivity contribution in [2.75, 3.05) is 5.32 Å². The molecule has 0 fully saturated rings. The highest BCUT2D eigenvalue weighted by Gasteiger charge is 2.15. The summed E-state index contributed by atoms with van der Waals surface area (Å²) in [6.07, 6.45) is 2.47. The van der Waals surface area contributed by atoms with Gasteiger partial charge < -0.3 is 10.6 Å². The first-order valence-electron chi connectivity index (χ1n) is 8.13. The van der Waals surface area contributed by atoms with Crippen molar-refractivity contribution in [3.63, 3.8) is 0 Å². The number of carbonyl (C=O) groups is 2. The third kappa shape index (κ3) is 6.54. The number of carbonyl (C=O) groups excluding carboxylic acids is 2. The maximum absolute atomic E-state index is 12.2. The van der Waals surface area contributed by atoms with Crippen molar-refractivity contribution in [1.29, 1.82) is 0 Å². The van der Waals surface area contributed by atoms with Gasteiger partial charge in [0.2, 0.25) is 5.91 Å². The number of nitrogens with one attached hydrogen (secondary N) is 2. The van der Waals surface area contributed by atoms with Crippen LogP contribution in [0.2, 0.25) is 15.2 Å². The van der Waals surface area contributed by atoms with E-state index in [1.54, 1.807) is 31.2 Å². The fourth-order valence-corrected chi connectivity index (χ4v) is 2.58. The Hall–Kier alpha value is -2.08. The molecule has 1 aromatic heterocycles. The topological polar surface area (TPSA) is 71.1 Å². The number of rotatable bonds is 7.